The summed E-state index contributed by atoms with van der Waals surface area (Å²) < 4.78 is 0. The van der Waals surface area contributed by atoms with Crippen LogP contribution in [0.25, 0.3) is 0 Å². The van der Waals surface area contributed by atoms with Gasteiger partial charge in [-0.2, -0.15) is 0 Å². The third-order valence-corrected chi connectivity index (χ3v) is 3.95. The summed E-state index contributed by atoms with van der Waals surface area (Å²) in [5.74, 6) is 0.333. The van der Waals surface area contributed by atoms with E-state index in [0.29, 0.717) is 38.3 Å². The van der Waals surface area contributed by atoms with E-state index >= 15 is 0 Å². The minimum absolute atomic E-state index is 0.179. The molecule has 7 nitrogen and oxygen atoms in total. The van der Waals surface area contributed by atoms with Crippen LogP contribution in [-0.4, -0.2) is 40.2 Å². The number of nitrogens with zero attached hydrogens (tertiary/aromatic N) is 1. The van der Waals surface area contributed by atoms with E-state index in [1.807, 2.05) is 0 Å². The van der Waals surface area contributed by atoms with Crippen LogP contribution in [0.4, 0.5) is 4.79 Å². The summed E-state index contributed by atoms with van der Waals surface area (Å²) in [5, 5.41) is 14.6. The van der Waals surface area contributed by atoms with Gasteiger partial charge in [0.15, 0.2) is 0 Å². The lowest BCUT2D eigenvalue weighted by Gasteiger charge is -2.26. The van der Waals surface area contributed by atoms with Gasteiger partial charge in [0, 0.05) is 31.9 Å². The third-order valence-electron chi connectivity index (χ3n) is 3.95. The molecule has 21 heavy (non-hydrogen) atoms. The lowest BCUT2D eigenvalue weighted by molar-refractivity contribution is -0.143. The van der Waals surface area contributed by atoms with Crippen LogP contribution in [0.1, 0.15) is 31.5 Å². The van der Waals surface area contributed by atoms with Gasteiger partial charge in [-0.05, 0) is 31.6 Å². The molecule has 0 aromatic carbocycles. The molecule has 0 radical (unpaired) electrons. The molecular formula is C14H22N4O3. The summed E-state index contributed by atoms with van der Waals surface area (Å²) in [7, 11) is 0. The molecule has 2 amide bonds. The molecule has 1 aromatic rings. The van der Waals surface area contributed by atoms with Crippen molar-refractivity contribution < 1.29 is 14.7 Å². The fraction of sp³-hybridized carbons (Fsp3) is 0.643. The Morgan fingerprint density at radius 2 is 2.05 bits per heavy atom. The largest absolute Gasteiger partial charge is 0.481 e. The van der Waals surface area contributed by atoms with Crippen molar-refractivity contribution in [1.29, 1.82) is 0 Å². The lowest BCUT2D eigenvalue weighted by Crippen LogP contribution is -2.40. The first-order valence-electron chi connectivity index (χ1n) is 7.38. The van der Waals surface area contributed by atoms with Crippen molar-refractivity contribution in [3.8, 4) is 0 Å². The van der Waals surface area contributed by atoms with E-state index in [-0.39, 0.29) is 11.9 Å². The molecule has 1 heterocycles. The lowest BCUT2D eigenvalue weighted by atomic mass is 9.82. The minimum atomic E-state index is -0.697. The van der Waals surface area contributed by atoms with Crippen LogP contribution < -0.4 is 10.6 Å². The number of carbonyl (C=O) groups is 2. The van der Waals surface area contributed by atoms with Crippen molar-refractivity contribution in [2.45, 2.75) is 32.1 Å². The number of imidazole rings is 1. The molecule has 0 atom stereocenters. The molecule has 1 saturated carbocycles. The highest BCUT2D eigenvalue weighted by atomic mass is 16.4. The second-order valence-electron chi connectivity index (χ2n) is 5.48. The van der Waals surface area contributed by atoms with Gasteiger partial charge in [-0.1, -0.05) is 0 Å². The third kappa shape index (κ3) is 5.09. The first-order valence-corrected chi connectivity index (χ1v) is 7.38. The van der Waals surface area contributed by atoms with Crippen molar-refractivity contribution in [2.24, 2.45) is 11.8 Å². The molecular weight excluding hydrogens is 272 g/mol. The summed E-state index contributed by atoms with van der Waals surface area (Å²) in [6, 6.07) is -0.179. The van der Waals surface area contributed by atoms with Crippen molar-refractivity contribution >= 4 is 12.0 Å². The van der Waals surface area contributed by atoms with Gasteiger partial charge >= 0.3 is 12.0 Å². The molecule has 116 valence electrons. The fourth-order valence-electron chi connectivity index (χ4n) is 2.64. The van der Waals surface area contributed by atoms with Crippen molar-refractivity contribution in [1.82, 2.24) is 20.6 Å². The molecule has 4 N–H and O–H groups in total. The van der Waals surface area contributed by atoms with Gasteiger partial charge in [-0.25, -0.2) is 9.78 Å². The fourth-order valence-corrected chi connectivity index (χ4v) is 2.64. The first kappa shape index (κ1) is 15.3. The van der Waals surface area contributed by atoms with Gasteiger partial charge in [0.2, 0.25) is 0 Å². The number of nitrogens with one attached hydrogen (secondary N) is 3. The molecule has 0 saturated heterocycles. The maximum absolute atomic E-state index is 11.6. The molecule has 2 rings (SSSR count). The van der Waals surface area contributed by atoms with E-state index in [2.05, 4.69) is 20.6 Å². The standard InChI is InChI=1S/C14H22N4O3/c19-13(20)11-3-1-10(2-4-11)9-18-14(21)17-6-5-12-15-7-8-16-12/h7-8,10-11H,1-6,9H2,(H,15,16)(H,19,20)(H2,17,18,21). The number of carbonyl (C=O) groups excluding carboxylic acids is 1. The van der Waals surface area contributed by atoms with Gasteiger partial charge in [0.1, 0.15) is 5.82 Å². The molecule has 7 heteroatoms. The van der Waals surface area contributed by atoms with E-state index in [1.165, 1.54) is 0 Å². The zero-order chi connectivity index (χ0) is 15.1. The zero-order valence-electron chi connectivity index (χ0n) is 12.0. The Balaban J connectivity index is 1.56. The summed E-state index contributed by atoms with van der Waals surface area (Å²) >= 11 is 0. The van der Waals surface area contributed by atoms with Gasteiger partial charge in [-0.15, -0.1) is 0 Å². The maximum Gasteiger partial charge on any atom is 0.314 e. The Labute approximate surface area is 123 Å². The molecule has 1 aliphatic carbocycles. The Kier molecular flexibility index (Phi) is 5.59. The van der Waals surface area contributed by atoms with Crippen molar-refractivity contribution in [3.63, 3.8) is 0 Å². The summed E-state index contributed by atoms with van der Waals surface area (Å²) in [5.41, 5.74) is 0. The number of carboxylic acid groups (broad SMARTS) is 1. The molecule has 0 bridgehead atoms. The van der Waals surface area contributed by atoms with Crippen molar-refractivity contribution in [2.75, 3.05) is 13.1 Å². The van der Waals surface area contributed by atoms with E-state index in [4.69, 9.17) is 5.11 Å². The first-order chi connectivity index (χ1) is 10.1. The SMILES string of the molecule is O=C(NCCc1ncc[nH]1)NCC1CCC(C(=O)O)CC1. The van der Waals surface area contributed by atoms with E-state index in [0.717, 1.165) is 18.7 Å². The van der Waals surface area contributed by atoms with Gasteiger partial charge in [0.25, 0.3) is 0 Å². The number of H-pyrrole nitrogens is 1. The number of carboxylic acids is 1. The number of amides is 2. The zero-order valence-corrected chi connectivity index (χ0v) is 12.0. The Morgan fingerprint density at radius 3 is 2.67 bits per heavy atom. The highest BCUT2D eigenvalue weighted by Gasteiger charge is 2.25. The maximum atomic E-state index is 11.6. The number of aromatic nitrogens is 2. The van der Waals surface area contributed by atoms with Crippen LogP contribution in [0.3, 0.4) is 0 Å². The molecule has 0 aliphatic heterocycles. The predicted octanol–water partition coefficient (Wildman–Crippen LogP) is 1.14. The van der Waals surface area contributed by atoms with Crippen LogP contribution in [0.5, 0.6) is 0 Å². The second kappa shape index (κ2) is 7.66. The predicted molar refractivity (Wildman–Crippen MR) is 76.8 cm³/mol. The van der Waals surface area contributed by atoms with Crippen LogP contribution in [-0.2, 0) is 11.2 Å². The minimum Gasteiger partial charge on any atom is -0.481 e. The summed E-state index contributed by atoms with van der Waals surface area (Å²) in [6.45, 7) is 1.14. The van der Waals surface area contributed by atoms with E-state index in [1.54, 1.807) is 12.4 Å². The summed E-state index contributed by atoms with van der Waals surface area (Å²) in [6.07, 6.45) is 7.26. The number of hydrogen-bond donors (Lipinski definition) is 4. The Bertz CT molecular complexity index is 453. The Hall–Kier alpha value is -2.05. The molecule has 0 unspecified atom stereocenters. The van der Waals surface area contributed by atoms with Crippen LogP contribution in [0.2, 0.25) is 0 Å². The number of rotatable bonds is 6. The van der Waals surface area contributed by atoms with E-state index < -0.39 is 5.97 Å². The molecule has 1 fully saturated rings. The van der Waals surface area contributed by atoms with Crippen LogP contribution >= 0.6 is 0 Å². The number of aliphatic carboxylic acids is 1. The van der Waals surface area contributed by atoms with Crippen LogP contribution in [0.15, 0.2) is 12.4 Å². The monoisotopic (exact) mass is 294 g/mol. The number of urea groups is 1. The summed E-state index contributed by atoms with van der Waals surface area (Å²) in [4.78, 5) is 29.6. The smallest absolute Gasteiger partial charge is 0.314 e. The van der Waals surface area contributed by atoms with Crippen molar-refractivity contribution in [3.05, 3.63) is 18.2 Å². The average Bonchev–Trinajstić information content (AvgIpc) is 2.99. The molecule has 1 aromatic heterocycles. The van der Waals surface area contributed by atoms with Crippen LogP contribution in [0, 0.1) is 11.8 Å². The highest BCUT2D eigenvalue weighted by Crippen LogP contribution is 2.28. The second-order valence-corrected chi connectivity index (χ2v) is 5.48. The van der Waals surface area contributed by atoms with E-state index in [9.17, 15) is 9.59 Å². The van der Waals surface area contributed by atoms with Gasteiger partial charge in [0.05, 0.1) is 5.92 Å². The molecule has 1 aliphatic rings. The normalized spacial score (nSPS) is 21.7. The topological polar surface area (TPSA) is 107 Å². The number of aromatic amines is 1. The average molecular weight is 294 g/mol. The number of hydrogen-bond acceptors (Lipinski definition) is 3. The van der Waals surface area contributed by atoms with Gasteiger partial charge in [-0.3, -0.25) is 4.79 Å². The highest BCUT2D eigenvalue weighted by molar-refractivity contribution is 5.73. The van der Waals surface area contributed by atoms with Gasteiger partial charge < -0.3 is 20.7 Å². The Morgan fingerprint density at radius 1 is 1.29 bits per heavy atom. The molecule has 0 spiro atoms. The quantitative estimate of drug-likeness (QED) is 0.631.